The fourth-order valence-electron chi connectivity index (χ4n) is 3.34. The van der Waals surface area contributed by atoms with Gasteiger partial charge in [0, 0.05) is 5.56 Å². The third kappa shape index (κ3) is 3.90. The molecule has 7 heteroatoms. The maximum atomic E-state index is 13.0. The second kappa shape index (κ2) is 8.39. The van der Waals surface area contributed by atoms with Crippen molar-refractivity contribution < 1.29 is 23.4 Å². The van der Waals surface area contributed by atoms with Crippen molar-refractivity contribution >= 4 is 22.7 Å². The lowest BCUT2D eigenvalue weighted by Crippen LogP contribution is -2.13. The highest BCUT2D eigenvalue weighted by atomic mass is 16.5. The highest BCUT2D eigenvalue weighted by Gasteiger charge is 2.19. The van der Waals surface area contributed by atoms with Gasteiger partial charge in [0.25, 0.3) is 5.91 Å². The van der Waals surface area contributed by atoms with Gasteiger partial charge in [0.05, 0.1) is 32.6 Å². The molecule has 4 rings (SSSR count). The highest BCUT2D eigenvalue weighted by molar-refractivity contribution is 6.06. The van der Waals surface area contributed by atoms with Gasteiger partial charge >= 0.3 is 0 Å². The van der Waals surface area contributed by atoms with Gasteiger partial charge in [-0.15, -0.1) is 0 Å². The number of nitrogens with zero attached hydrogens (tertiary/aromatic N) is 1. The van der Waals surface area contributed by atoms with E-state index in [1.807, 2.05) is 43.3 Å². The number of hydrogen-bond acceptors (Lipinski definition) is 6. The molecule has 1 heterocycles. The molecule has 7 nitrogen and oxygen atoms in total. The predicted molar refractivity (Wildman–Crippen MR) is 118 cm³/mol. The number of carbonyl (C=O) groups excluding carboxylic acids is 1. The van der Waals surface area contributed by atoms with Crippen LogP contribution in [0.1, 0.15) is 15.9 Å². The summed E-state index contributed by atoms with van der Waals surface area (Å²) in [5.41, 5.74) is 4.16. The molecule has 1 amide bonds. The van der Waals surface area contributed by atoms with Gasteiger partial charge < -0.3 is 23.9 Å². The molecule has 158 valence electrons. The molecule has 0 aliphatic heterocycles. The quantitative estimate of drug-likeness (QED) is 0.470. The zero-order chi connectivity index (χ0) is 22.0. The fourth-order valence-corrected chi connectivity index (χ4v) is 3.34. The Balaban J connectivity index is 1.70. The third-order valence-corrected chi connectivity index (χ3v) is 4.88. The van der Waals surface area contributed by atoms with Crippen LogP contribution in [-0.4, -0.2) is 32.2 Å². The average molecular weight is 418 g/mol. The van der Waals surface area contributed by atoms with Crippen LogP contribution in [0.2, 0.25) is 0 Å². The average Bonchev–Trinajstić information content (AvgIpc) is 3.21. The van der Waals surface area contributed by atoms with Crippen molar-refractivity contribution in [2.24, 2.45) is 0 Å². The summed E-state index contributed by atoms with van der Waals surface area (Å²) in [4.78, 5) is 17.6. The second-order valence-corrected chi connectivity index (χ2v) is 6.90. The van der Waals surface area contributed by atoms with E-state index in [-0.39, 0.29) is 5.91 Å². The molecule has 0 saturated heterocycles. The van der Waals surface area contributed by atoms with Gasteiger partial charge in [-0.1, -0.05) is 18.2 Å². The Hall–Kier alpha value is -4.00. The lowest BCUT2D eigenvalue weighted by molar-refractivity contribution is 0.102. The molecule has 0 fully saturated rings. The molecule has 1 N–H and O–H groups in total. The van der Waals surface area contributed by atoms with Crippen LogP contribution in [0.5, 0.6) is 17.2 Å². The first-order valence-electron chi connectivity index (χ1n) is 9.62. The standard InChI is InChI=1S/C24H22N2O5/c1-14-9-10-19-18(11-14)26-24(31-19)16-7-5-6-8-17(16)25-23(27)15-12-20(28-2)22(30-4)21(13-15)29-3/h5-13H,1-4H3,(H,25,27). The zero-order valence-electron chi connectivity index (χ0n) is 17.7. The maximum absolute atomic E-state index is 13.0. The van der Waals surface area contributed by atoms with Crippen LogP contribution in [0.3, 0.4) is 0 Å². The number of carbonyl (C=O) groups is 1. The first-order valence-corrected chi connectivity index (χ1v) is 9.62. The van der Waals surface area contributed by atoms with E-state index < -0.39 is 0 Å². The Kier molecular flexibility index (Phi) is 5.49. The smallest absolute Gasteiger partial charge is 0.255 e. The van der Waals surface area contributed by atoms with Crippen molar-refractivity contribution in [3.8, 4) is 28.7 Å². The molecule has 0 radical (unpaired) electrons. The van der Waals surface area contributed by atoms with Gasteiger partial charge in [-0.05, 0) is 48.9 Å². The minimum absolute atomic E-state index is 0.335. The molecule has 0 unspecified atom stereocenters. The number of anilines is 1. The third-order valence-electron chi connectivity index (χ3n) is 4.88. The van der Waals surface area contributed by atoms with Crippen LogP contribution in [0.4, 0.5) is 5.69 Å². The van der Waals surface area contributed by atoms with Crippen LogP contribution in [0, 0.1) is 6.92 Å². The van der Waals surface area contributed by atoms with Crippen molar-refractivity contribution in [2.75, 3.05) is 26.6 Å². The Morgan fingerprint density at radius 1 is 0.935 bits per heavy atom. The maximum Gasteiger partial charge on any atom is 0.255 e. The number of amides is 1. The number of benzene rings is 3. The van der Waals surface area contributed by atoms with E-state index in [9.17, 15) is 4.79 Å². The van der Waals surface area contributed by atoms with E-state index >= 15 is 0 Å². The van der Waals surface area contributed by atoms with E-state index in [2.05, 4.69) is 10.3 Å². The number of hydrogen-bond donors (Lipinski definition) is 1. The van der Waals surface area contributed by atoms with Crippen molar-refractivity contribution in [2.45, 2.75) is 6.92 Å². The number of aryl methyl sites for hydroxylation is 1. The summed E-state index contributed by atoms with van der Waals surface area (Å²) >= 11 is 0. The number of aromatic nitrogens is 1. The molecular formula is C24H22N2O5. The van der Waals surface area contributed by atoms with Gasteiger partial charge in [0.1, 0.15) is 5.52 Å². The zero-order valence-corrected chi connectivity index (χ0v) is 17.7. The molecule has 3 aromatic carbocycles. The molecule has 1 aromatic heterocycles. The Bertz CT molecular complexity index is 1240. The SMILES string of the molecule is COc1cc(C(=O)Nc2ccccc2-c2nc3cc(C)ccc3o2)cc(OC)c1OC. The monoisotopic (exact) mass is 418 g/mol. The summed E-state index contributed by atoms with van der Waals surface area (Å²) in [6.45, 7) is 2.00. The van der Waals surface area contributed by atoms with Gasteiger partial charge in [0.15, 0.2) is 17.1 Å². The molecule has 0 spiro atoms. The lowest BCUT2D eigenvalue weighted by Gasteiger charge is -2.14. The normalized spacial score (nSPS) is 10.7. The lowest BCUT2D eigenvalue weighted by atomic mass is 10.1. The van der Waals surface area contributed by atoms with Crippen LogP contribution in [0.25, 0.3) is 22.6 Å². The molecule has 0 aliphatic rings. The molecule has 0 saturated carbocycles. The molecule has 31 heavy (non-hydrogen) atoms. The van der Waals surface area contributed by atoms with Crippen molar-refractivity contribution in [1.29, 1.82) is 0 Å². The number of para-hydroxylation sites is 1. The molecule has 0 atom stereocenters. The Morgan fingerprint density at radius 3 is 2.32 bits per heavy atom. The largest absolute Gasteiger partial charge is 0.493 e. The summed E-state index contributed by atoms with van der Waals surface area (Å²) < 4.78 is 21.9. The van der Waals surface area contributed by atoms with Crippen LogP contribution >= 0.6 is 0 Å². The molecule has 4 aromatic rings. The summed E-state index contributed by atoms with van der Waals surface area (Å²) in [5.74, 6) is 1.31. The first-order chi connectivity index (χ1) is 15.0. The summed E-state index contributed by atoms with van der Waals surface area (Å²) in [6, 6.07) is 16.4. The molecule has 0 aliphatic carbocycles. The van der Waals surface area contributed by atoms with Crippen molar-refractivity contribution in [3.05, 3.63) is 65.7 Å². The van der Waals surface area contributed by atoms with E-state index in [0.717, 1.165) is 11.1 Å². The van der Waals surface area contributed by atoms with E-state index in [1.165, 1.54) is 21.3 Å². The van der Waals surface area contributed by atoms with Crippen LogP contribution in [-0.2, 0) is 0 Å². The number of nitrogens with one attached hydrogen (secondary N) is 1. The minimum atomic E-state index is -0.335. The van der Waals surface area contributed by atoms with Gasteiger partial charge in [-0.25, -0.2) is 4.98 Å². The van der Waals surface area contributed by atoms with E-state index in [1.54, 1.807) is 18.2 Å². The van der Waals surface area contributed by atoms with Crippen molar-refractivity contribution in [3.63, 3.8) is 0 Å². The summed E-state index contributed by atoms with van der Waals surface area (Å²) in [5, 5.41) is 2.93. The number of rotatable bonds is 6. The number of methoxy groups -OCH3 is 3. The predicted octanol–water partition coefficient (Wildman–Crippen LogP) is 5.08. The minimum Gasteiger partial charge on any atom is -0.493 e. The fraction of sp³-hybridized carbons (Fsp3) is 0.167. The van der Waals surface area contributed by atoms with E-state index in [4.69, 9.17) is 18.6 Å². The number of oxazole rings is 1. The molecular weight excluding hydrogens is 396 g/mol. The number of ether oxygens (including phenoxy) is 3. The second-order valence-electron chi connectivity index (χ2n) is 6.90. The summed E-state index contributed by atoms with van der Waals surface area (Å²) in [7, 11) is 4.52. The Labute approximate surface area is 179 Å². The first kappa shape index (κ1) is 20.3. The van der Waals surface area contributed by atoms with Gasteiger partial charge in [-0.2, -0.15) is 0 Å². The van der Waals surface area contributed by atoms with Gasteiger partial charge in [0.2, 0.25) is 11.6 Å². The van der Waals surface area contributed by atoms with Crippen LogP contribution < -0.4 is 19.5 Å². The highest BCUT2D eigenvalue weighted by Crippen LogP contribution is 2.38. The Morgan fingerprint density at radius 2 is 1.65 bits per heavy atom. The topological polar surface area (TPSA) is 82.8 Å². The summed E-state index contributed by atoms with van der Waals surface area (Å²) in [6.07, 6.45) is 0. The number of fused-ring (bicyclic) bond motifs is 1. The van der Waals surface area contributed by atoms with Gasteiger partial charge in [-0.3, -0.25) is 4.79 Å². The van der Waals surface area contributed by atoms with Crippen molar-refractivity contribution in [1.82, 2.24) is 4.98 Å². The van der Waals surface area contributed by atoms with Crippen LogP contribution in [0.15, 0.2) is 59.0 Å². The van der Waals surface area contributed by atoms with E-state index in [0.29, 0.717) is 45.5 Å². The molecule has 0 bridgehead atoms.